The Morgan fingerprint density at radius 3 is 2.53 bits per heavy atom. The van der Waals surface area contributed by atoms with Crippen LogP contribution in [-0.2, 0) is 0 Å². The van der Waals surface area contributed by atoms with Crippen LogP contribution in [0.5, 0.6) is 0 Å². The van der Waals surface area contributed by atoms with E-state index in [4.69, 9.17) is 0 Å². The van der Waals surface area contributed by atoms with E-state index in [0.717, 1.165) is 31.1 Å². The maximum Gasteiger partial charge on any atom is 0.0804 e. The molecule has 2 nitrogen and oxygen atoms in total. The molecule has 0 spiro atoms. The minimum atomic E-state index is -0.324. The first kappa shape index (κ1) is 14.5. The van der Waals surface area contributed by atoms with Crippen LogP contribution in [0, 0.1) is 12.8 Å². The third-order valence-electron chi connectivity index (χ3n) is 3.90. The van der Waals surface area contributed by atoms with Gasteiger partial charge in [0.05, 0.1) is 6.10 Å². The van der Waals surface area contributed by atoms with Gasteiger partial charge >= 0.3 is 0 Å². The molecule has 0 radical (unpaired) electrons. The summed E-state index contributed by atoms with van der Waals surface area (Å²) in [5.41, 5.74) is 2.28. The minimum absolute atomic E-state index is 0.324. The van der Waals surface area contributed by atoms with E-state index in [2.05, 4.69) is 31.7 Å². The van der Waals surface area contributed by atoms with Crippen molar-refractivity contribution in [2.75, 3.05) is 13.1 Å². The van der Waals surface area contributed by atoms with Crippen molar-refractivity contribution in [1.29, 1.82) is 0 Å². The molecule has 1 aliphatic rings. The third-order valence-corrected chi connectivity index (χ3v) is 3.90. The van der Waals surface area contributed by atoms with Crippen molar-refractivity contribution in [2.45, 2.75) is 52.2 Å². The summed E-state index contributed by atoms with van der Waals surface area (Å²) >= 11 is 0. The van der Waals surface area contributed by atoms with Crippen LogP contribution >= 0.6 is 0 Å². The van der Waals surface area contributed by atoms with Crippen LogP contribution in [0.25, 0.3) is 0 Å². The SMILES string of the molecule is Cc1ccccc1C(O)CCN(CC(C)C)C1CC1. The van der Waals surface area contributed by atoms with Gasteiger partial charge in [-0.1, -0.05) is 38.1 Å². The van der Waals surface area contributed by atoms with E-state index in [-0.39, 0.29) is 6.10 Å². The standard InChI is InChI=1S/C17H27NO/c1-13(2)12-18(15-8-9-15)11-10-17(19)16-7-5-4-6-14(16)3/h4-7,13,15,17,19H,8-12H2,1-3H3. The molecule has 1 aromatic carbocycles. The molecule has 1 unspecified atom stereocenters. The summed E-state index contributed by atoms with van der Waals surface area (Å²) in [5, 5.41) is 10.4. The number of hydrogen-bond donors (Lipinski definition) is 1. The Balaban J connectivity index is 1.88. The quantitative estimate of drug-likeness (QED) is 0.811. The fraction of sp³-hybridized carbons (Fsp3) is 0.647. The van der Waals surface area contributed by atoms with Crippen LogP contribution in [0.1, 0.15) is 50.3 Å². The van der Waals surface area contributed by atoms with Crippen molar-refractivity contribution in [3.63, 3.8) is 0 Å². The Bertz CT molecular complexity index is 398. The first-order chi connectivity index (χ1) is 9.08. The van der Waals surface area contributed by atoms with Gasteiger partial charge in [-0.05, 0) is 43.2 Å². The average molecular weight is 261 g/mol. The van der Waals surface area contributed by atoms with E-state index in [1.54, 1.807) is 0 Å². The topological polar surface area (TPSA) is 23.5 Å². The van der Waals surface area contributed by atoms with E-state index in [0.29, 0.717) is 5.92 Å². The lowest BCUT2D eigenvalue weighted by Crippen LogP contribution is -2.31. The van der Waals surface area contributed by atoms with Crippen LogP contribution in [-0.4, -0.2) is 29.1 Å². The summed E-state index contributed by atoms with van der Waals surface area (Å²) in [5.74, 6) is 0.705. The van der Waals surface area contributed by atoms with E-state index >= 15 is 0 Å². The number of aliphatic hydroxyl groups is 1. The normalized spacial score (nSPS) is 17.2. The maximum atomic E-state index is 10.4. The van der Waals surface area contributed by atoms with E-state index in [9.17, 15) is 5.11 Å². The smallest absolute Gasteiger partial charge is 0.0804 e. The van der Waals surface area contributed by atoms with Crippen LogP contribution < -0.4 is 0 Å². The highest BCUT2D eigenvalue weighted by Gasteiger charge is 2.29. The highest BCUT2D eigenvalue weighted by Crippen LogP contribution is 2.29. The molecule has 106 valence electrons. The monoisotopic (exact) mass is 261 g/mol. The Morgan fingerprint density at radius 2 is 1.95 bits per heavy atom. The molecule has 1 saturated carbocycles. The van der Waals surface area contributed by atoms with Crippen LogP contribution in [0.2, 0.25) is 0 Å². The molecule has 1 aromatic rings. The number of benzene rings is 1. The number of rotatable bonds is 7. The molecule has 0 aliphatic heterocycles. The predicted molar refractivity (Wildman–Crippen MR) is 80.2 cm³/mol. The van der Waals surface area contributed by atoms with Gasteiger partial charge in [0.1, 0.15) is 0 Å². The molecule has 1 atom stereocenters. The molecular weight excluding hydrogens is 234 g/mol. The van der Waals surface area contributed by atoms with E-state index in [1.807, 2.05) is 18.2 Å². The van der Waals surface area contributed by atoms with Crippen molar-refractivity contribution in [2.24, 2.45) is 5.92 Å². The average Bonchev–Trinajstić information content (AvgIpc) is 3.18. The summed E-state index contributed by atoms with van der Waals surface area (Å²) in [6.45, 7) is 8.79. The Labute approximate surface area is 117 Å². The molecular formula is C17H27NO. The van der Waals surface area contributed by atoms with Gasteiger partial charge in [0.15, 0.2) is 0 Å². The van der Waals surface area contributed by atoms with Crippen molar-refractivity contribution in [1.82, 2.24) is 4.90 Å². The molecule has 0 bridgehead atoms. The Kier molecular flexibility index (Phi) is 5.00. The van der Waals surface area contributed by atoms with Gasteiger partial charge in [-0.3, -0.25) is 0 Å². The fourth-order valence-corrected chi connectivity index (χ4v) is 2.74. The lowest BCUT2D eigenvalue weighted by atomic mass is 10.0. The highest BCUT2D eigenvalue weighted by atomic mass is 16.3. The fourth-order valence-electron chi connectivity index (χ4n) is 2.74. The molecule has 1 fully saturated rings. The second-order valence-corrected chi connectivity index (χ2v) is 6.28. The van der Waals surface area contributed by atoms with E-state index < -0.39 is 0 Å². The zero-order valence-electron chi connectivity index (χ0n) is 12.5. The van der Waals surface area contributed by atoms with Gasteiger partial charge in [0, 0.05) is 19.1 Å². The molecule has 2 heteroatoms. The zero-order valence-corrected chi connectivity index (χ0v) is 12.5. The summed E-state index contributed by atoms with van der Waals surface area (Å²) in [4.78, 5) is 2.56. The molecule has 19 heavy (non-hydrogen) atoms. The minimum Gasteiger partial charge on any atom is -0.388 e. The van der Waals surface area contributed by atoms with Gasteiger partial charge in [0.2, 0.25) is 0 Å². The van der Waals surface area contributed by atoms with E-state index in [1.165, 1.54) is 18.4 Å². The Hall–Kier alpha value is -0.860. The first-order valence-electron chi connectivity index (χ1n) is 7.55. The summed E-state index contributed by atoms with van der Waals surface area (Å²) in [6.07, 6.45) is 3.20. The summed E-state index contributed by atoms with van der Waals surface area (Å²) < 4.78 is 0. The van der Waals surface area contributed by atoms with Gasteiger partial charge < -0.3 is 10.0 Å². The van der Waals surface area contributed by atoms with Crippen molar-refractivity contribution >= 4 is 0 Å². The summed E-state index contributed by atoms with van der Waals surface area (Å²) in [6, 6.07) is 8.94. The zero-order chi connectivity index (χ0) is 13.8. The van der Waals surface area contributed by atoms with Crippen LogP contribution in [0.4, 0.5) is 0 Å². The van der Waals surface area contributed by atoms with Gasteiger partial charge in [0.25, 0.3) is 0 Å². The van der Waals surface area contributed by atoms with Crippen molar-refractivity contribution < 1.29 is 5.11 Å². The predicted octanol–water partition coefficient (Wildman–Crippen LogP) is 3.54. The molecule has 0 heterocycles. The molecule has 0 amide bonds. The molecule has 0 aromatic heterocycles. The molecule has 0 saturated heterocycles. The molecule has 2 rings (SSSR count). The lowest BCUT2D eigenvalue weighted by Gasteiger charge is -2.25. The Morgan fingerprint density at radius 1 is 1.26 bits per heavy atom. The van der Waals surface area contributed by atoms with Gasteiger partial charge in [-0.25, -0.2) is 0 Å². The number of aliphatic hydroxyl groups excluding tert-OH is 1. The lowest BCUT2D eigenvalue weighted by molar-refractivity contribution is 0.133. The molecule has 1 aliphatic carbocycles. The second kappa shape index (κ2) is 6.53. The number of nitrogens with zero attached hydrogens (tertiary/aromatic N) is 1. The number of hydrogen-bond acceptors (Lipinski definition) is 2. The highest BCUT2D eigenvalue weighted by molar-refractivity contribution is 5.27. The van der Waals surface area contributed by atoms with Crippen molar-refractivity contribution in [3.8, 4) is 0 Å². The van der Waals surface area contributed by atoms with Gasteiger partial charge in [-0.15, -0.1) is 0 Å². The summed E-state index contributed by atoms with van der Waals surface area (Å²) in [7, 11) is 0. The second-order valence-electron chi connectivity index (χ2n) is 6.28. The van der Waals surface area contributed by atoms with Crippen LogP contribution in [0.3, 0.4) is 0 Å². The van der Waals surface area contributed by atoms with Gasteiger partial charge in [-0.2, -0.15) is 0 Å². The maximum absolute atomic E-state index is 10.4. The first-order valence-corrected chi connectivity index (χ1v) is 7.55. The third kappa shape index (κ3) is 4.32. The van der Waals surface area contributed by atoms with Crippen molar-refractivity contribution in [3.05, 3.63) is 35.4 Å². The molecule has 1 N–H and O–H groups in total. The van der Waals surface area contributed by atoms with Crippen LogP contribution in [0.15, 0.2) is 24.3 Å². The number of aryl methyl sites for hydroxylation is 1. The largest absolute Gasteiger partial charge is 0.388 e.